The summed E-state index contributed by atoms with van der Waals surface area (Å²) in [6, 6.07) is 4.87. The van der Waals surface area contributed by atoms with E-state index in [0.29, 0.717) is 30.5 Å². The number of rotatable bonds is 5. The van der Waals surface area contributed by atoms with Crippen LogP contribution in [0.1, 0.15) is 37.0 Å². The fourth-order valence-corrected chi connectivity index (χ4v) is 2.73. The molecule has 1 amide bonds. The van der Waals surface area contributed by atoms with Crippen LogP contribution in [0.15, 0.2) is 18.2 Å². The topological polar surface area (TPSA) is 65.1 Å². The van der Waals surface area contributed by atoms with Crippen molar-refractivity contribution in [3.05, 3.63) is 23.8 Å². The van der Waals surface area contributed by atoms with E-state index in [0.717, 1.165) is 12.8 Å². The van der Waals surface area contributed by atoms with Crippen molar-refractivity contribution in [2.45, 2.75) is 32.8 Å². The first kappa shape index (κ1) is 18.1. The van der Waals surface area contributed by atoms with Crippen LogP contribution >= 0.6 is 0 Å². The first-order valence-corrected chi connectivity index (χ1v) is 8.18. The number of carbonyl (C=O) groups excluding carboxylic acids is 2. The van der Waals surface area contributed by atoms with E-state index in [2.05, 4.69) is 6.92 Å². The minimum absolute atomic E-state index is 0.155. The maximum atomic E-state index is 12.4. The summed E-state index contributed by atoms with van der Waals surface area (Å²) in [5.74, 6) is 0.779. The molecule has 1 unspecified atom stereocenters. The van der Waals surface area contributed by atoms with Crippen LogP contribution in [0.25, 0.3) is 0 Å². The van der Waals surface area contributed by atoms with Crippen molar-refractivity contribution in [1.82, 2.24) is 4.90 Å². The van der Waals surface area contributed by atoms with Crippen molar-refractivity contribution in [1.29, 1.82) is 0 Å². The number of nitrogens with zero attached hydrogens (tertiary/aromatic N) is 1. The van der Waals surface area contributed by atoms with Gasteiger partial charge in [0.25, 0.3) is 5.91 Å². The second kappa shape index (κ2) is 8.04. The summed E-state index contributed by atoms with van der Waals surface area (Å²) >= 11 is 0. The summed E-state index contributed by atoms with van der Waals surface area (Å²) in [6.45, 7) is 5.21. The second-order valence-electron chi connectivity index (χ2n) is 6.12. The molecule has 0 radical (unpaired) electrons. The van der Waals surface area contributed by atoms with Crippen molar-refractivity contribution in [2.75, 3.05) is 27.3 Å². The number of hydrogen-bond donors (Lipinski definition) is 0. The Bertz CT molecular complexity index is 593. The molecule has 1 saturated heterocycles. The highest BCUT2D eigenvalue weighted by atomic mass is 16.5. The third-order valence-corrected chi connectivity index (χ3v) is 4.35. The van der Waals surface area contributed by atoms with Gasteiger partial charge in [-0.15, -0.1) is 0 Å². The van der Waals surface area contributed by atoms with Crippen LogP contribution in [0.5, 0.6) is 11.5 Å². The fraction of sp³-hybridized carbons (Fsp3) is 0.556. The van der Waals surface area contributed by atoms with E-state index in [1.54, 1.807) is 30.0 Å². The van der Waals surface area contributed by atoms with Crippen LogP contribution < -0.4 is 9.47 Å². The van der Waals surface area contributed by atoms with Gasteiger partial charge in [-0.3, -0.25) is 4.79 Å². The van der Waals surface area contributed by atoms with Gasteiger partial charge in [-0.25, -0.2) is 4.79 Å². The number of esters is 1. The van der Waals surface area contributed by atoms with E-state index < -0.39 is 12.1 Å². The SMILES string of the molecule is COc1ccc(OC)c(C(=O)OC(C)C(=O)N2CCC(C)CC2)c1. The van der Waals surface area contributed by atoms with E-state index in [1.807, 2.05) is 0 Å². The number of carbonyl (C=O) groups is 2. The Hall–Kier alpha value is -2.24. The van der Waals surface area contributed by atoms with E-state index >= 15 is 0 Å². The summed E-state index contributed by atoms with van der Waals surface area (Å²) in [5.41, 5.74) is 0.240. The van der Waals surface area contributed by atoms with Crippen LogP contribution in [-0.2, 0) is 9.53 Å². The normalized spacial score (nSPS) is 16.4. The summed E-state index contributed by atoms with van der Waals surface area (Å²) in [5, 5.41) is 0. The third kappa shape index (κ3) is 4.19. The van der Waals surface area contributed by atoms with Crippen molar-refractivity contribution in [2.24, 2.45) is 5.92 Å². The largest absolute Gasteiger partial charge is 0.497 e. The molecule has 1 atom stereocenters. The highest BCUT2D eigenvalue weighted by Crippen LogP contribution is 2.25. The Morgan fingerprint density at radius 1 is 1.17 bits per heavy atom. The molecule has 24 heavy (non-hydrogen) atoms. The predicted molar refractivity (Wildman–Crippen MR) is 89.4 cm³/mol. The fourth-order valence-electron chi connectivity index (χ4n) is 2.73. The average molecular weight is 335 g/mol. The summed E-state index contributed by atoms with van der Waals surface area (Å²) in [7, 11) is 2.99. The molecule has 0 N–H and O–H groups in total. The van der Waals surface area contributed by atoms with E-state index in [-0.39, 0.29) is 11.5 Å². The predicted octanol–water partition coefficient (Wildman–Crippen LogP) is 2.51. The Balaban J connectivity index is 2.04. The first-order chi connectivity index (χ1) is 11.5. The molecule has 0 spiro atoms. The van der Waals surface area contributed by atoms with Gasteiger partial charge < -0.3 is 19.1 Å². The lowest BCUT2D eigenvalue weighted by molar-refractivity contribution is -0.141. The van der Waals surface area contributed by atoms with Gasteiger partial charge in [-0.1, -0.05) is 6.92 Å². The first-order valence-electron chi connectivity index (χ1n) is 8.18. The molecule has 2 rings (SSSR count). The monoisotopic (exact) mass is 335 g/mol. The van der Waals surface area contributed by atoms with Crippen LogP contribution in [0, 0.1) is 5.92 Å². The zero-order valence-corrected chi connectivity index (χ0v) is 14.7. The molecule has 1 aliphatic rings. The third-order valence-electron chi connectivity index (χ3n) is 4.35. The smallest absolute Gasteiger partial charge is 0.342 e. The summed E-state index contributed by atoms with van der Waals surface area (Å²) in [6.07, 6.45) is 1.13. The molecule has 0 aliphatic carbocycles. The number of benzene rings is 1. The maximum absolute atomic E-state index is 12.4. The number of piperidine rings is 1. The Labute approximate surface area is 142 Å². The highest BCUT2D eigenvalue weighted by Gasteiger charge is 2.28. The van der Waals surface area contributed by atoms with Gasteiger partial charge in [0, 0.05) is 13.1 Å². The highest BCUT2D eigenvalue weighted by molar-refractivity contribution is 5.95. The summed E-state index contributed by atoms with van der Waals surface area (Å²) in [4.78, 5) is 26.6. The van der Waals surface area contributed by atoms with Crippen LogP contribution in [-0.4, -0.2) is 50.2 Å². The quantitative estimate of drug-likeness (QED) is 0.774. The Morgan fingerprint density at radius 3 is 2.42 bits per heavy atom. The molecule has 0 aromatic heterocycles. The molecule has 1 aromatic rings. The van der Waals surface area contributed by atoms with Crippen LogP contribution in [0.3, 0.4) is 0 Å². The van der Waals surface area contributed by atoms with Crippen molar-refractivity contribution in [3.63, 3.8) is 0 Å². The van der Waals surface area contributed by atoms with Crippen LogP contribution in [0.2, 0.25) is 0 Å². The molecule has 1 aliphatic heterocycles. The van der Waals surface area contributed by atoms with Crippen LogP contribution in [0.4, 0.5) is 0 Å². The number of likely N-dealkylation sites (tertiary alicyclic amines) is 1. The minimum atomic E-state index is -0.832. The van der Waals surface area contributed by atoms with Gasteiger partial charge in [0.05, 0.1) is 14.2 Å². The van der Waals surface area contributed by atoms with Gasteiger partial charge in [0.2, 0.25) is 0 Å². The van der Waals surface area contributed by atoms with Crippen molar-refractivity contribution < 1.29 is 23.8 Å². The average Bonchev–Trinajstić information content (AvgIpc) is 2.60. The lowest BCUT2D eigenvalue weighted by Crippen LogP contribution is -2.44. The number of amides is 1. The molecule has 6 heteroatoms. The van der Waals surface area contributed by atoms with Crippen molar-refractivity contribution >= 4 is 11.9 Å². The number of hydrogen-bond acceptors (Lipinski definition) is 5. The molecular formula is C18H25NO5. The van der Waals surface area contributed by atoms with Crippen molar-refractivity contribution in [3.8, 4) is 11.5 Å². The Kier molecular flexibility index (Phi) is 6.06. The zero-order chi connectivity index (χ0) is 17.7. The lowest BCUT2D eigenvalue weighted by Gasteiger charge is -2.31. The zero-order valence-electron chi connectivity index (χ0n) is 14.7. The molecule has 0 bridgehead atoms. The molecule has 132 valence electrons. The summed E-state index contributed by atoms with van der Waals surface area (Å²) < 4.78 is 15.7. The maximum Gasteiger partial charge on any atom is 0.342 e. The van der Waals surface area contributed by atoms with E-state index in [4.69, 9.17) is 14.2 Å². The molecule has 0 saturated carbocycles. The lowest BCUT2D eigenvalue weighted by atomic mass is 9.99. The van der Waals surface area contributed by atoms with E-state index in [1.165, 1.54) is 14.2 Å². The van der Waals surface area contributed by atoms with Gasteiger partial charge in [-0.05, 0) is 43.9 Å². The molecule has 6 nitrogen and oxygen atoms in total. The number of ether oxygens (including phenoxy) is 3. The van der Waals surface area contributed by atoms with Gasteiger partial charge >= 0.3 is 5.97 Å². The molecule has 1 heterocycles. The Morgan fingerprint density at radius 2 is 1.83 bits per heavy atom. The second-order valence-corrected chi connectivity index (χ2v) is 6.12. The van der Waals surface area contributed by atoms with Gasteiger partial charge in [0.1, 0.15) is 17.1 Å². The molecule has 1 aromatic carbocycles. The standard InChI is InChI=1S/C18H25NO5/c1-12-7-9-19(10-8-12)17(20)13(2)24-18(21)15-11-14(22-3)5-6-16(15)23-4/h5-6,11-13H,7-10H2,1-4H3. The molecule has 1 fully saturated rings. The van der Waals surface area contributed by atoms with E-state index in [9.17, 15) is 9.59 Å². The molecular weight excluding hydrogens is 310 g/mol. The number of methoxy groups -OCH3 is 2. The van der Waals surface area contributed by atoms with Gasteiger partial charge in [0.15, 0.2) is 6.10 Å². The van der Waals surface area contributed by atoms with Gasteiger partial charge in [-0.2, -0.15) is 0 Å². The minimum Gasteiger partial charge on any atom is -0.497 e.